The molecule has 172 valence electrons. The number of allylic oxidation sites excluding steroid dienone is 1. The summed E-state index contributed by atoms with van der Waals surface area (Å²) < 4.78 is 42.9. The fourth-order valence-corrected chi connectivity index (χ4v) is 3.61. The summed E-state index contributed by atoms with van der Waals surface area (Å²) >= 11 is 0. The molecule has 0 amide bonds. The van der Waals surface area contributed by atoms with E-state index in [4.69, 9.17) is 5.73 Å². The maximum Gasteiger partial charge on any atom is 0.416 e. The Morgan fingerprint density at radius 1 is 1.32 bits per heavy atom. The maximum atomic E-state index is 13.2. The minimum absolute atomic E-state index is 0.0661. The summed E-state index contributed by atoms with van der Waals surface area (Å²) in [5, 5.41) is 13.7. The Morgan fingerprint density at radius 3 is 2.85 bits per heavy atom. The van der Waals surface area contributed by atoms with Crippen molar-refractivity contribution in [1.82, 2.24) is 24.1 Å². The average molecular weight is 464 g/mol. The van der Waals surface area contributed by atoms with Crippen LogP contribution >= 0.6 is 0 Å². The predicted octanol–water partition coefficient (Wildman–Crippen LogP) is 4.11. The van der Waals surface area contributed by atoms with E-state index in [0.29, 0.717) is 33.9 Å². The Morgan fingerprint density at radius 2 is 2.15 bits per heavy atom. The Kier molecular flexibility index (Phi) is 6.14. The van der Waals surface area contributed by atoms with Gasteiger partial charge in [-0.25, -0.2) is 9.97 Å². The van der Waals surface area contributed by atoms with Crippen molar-refractivity contribution in [1.29, 1.82) is 5.26 Å². The third-order valence-corrected chi connectivity index (χ3v) is 5.20. The summed E-state index contributed by atoms with van der Waals surface area (Å²) in [5.41, 5.74) is 7.61. The second-order valence-electron chi connectivity index (χ2n) is 7.34. The van der Waals surface area contributed by atoms with Gasteiger partial charge in [-0.1, -0.05) is 12.1 Å². The number of aliphatic imine (C=N–C) groups is 1. The number of aromatic nitrogens is 5. The monoisotopic (exact) mass is 464 g/mol. The number of hydrogen-bond donors (Lipinski definition) is 1. The van der Waals surface area contributed by atoms with Crippen LogP contribution in [0.5, 0.6) is 0 Å². The van der Waals surface area contributed by atoms with E-state index < -0.39 is 17.8 Å². The van der Waals surface area contributed by atoms with Crippen LogP contribution in [0.25, 0.3) is 22.6 Å². The van der Waals surface area contributed by atoms with E-state index >= 15 is 0 Å². The van der Waals surface area contributed by atoms with Crippen LogP contribution in [0.1, 0.15) is 29.3 Å². The van der Waals surface area contributed by atoms with Gasteiger partial charge >= 0.3 is 6.18 Å². The Bertz CT molecular complexity index is 1420. The molecule has 0 saturated carbocycles. The first-order valence-corrected chi connectivity index (χ1v) is 10.1. The summed E-state index contributed by atoms with van der Waals surface area (Å²) in [6.07, 6.45) is 4.95. The molecule has 0 aliphatic heterocycles. The molecule has 0 bridgehead atoms. The molecule has 0 saturated heterocycles. The smallest absolute Gasteiger partial charge is 0.404 e. The van der Waals surface area contributed by atoms with Gasteiger partial charge in [0.25, 0.3) is 0 Å². The molecule has 3 aromatic heterocycles. The van der Waals surface area contributed by atoms with Crippen molar-refractivity contribution in [2.75, 3.05) is 7.05 Å². The van der Waals surface area contributed by atoms with E-state index in [0.717, 1.165) is 12.1 Å². The van der Waals surface area contributed by atoms with E-state index in [1.165, 1.54) is 16.9 Å². The van der Waals surface area contributed by atoms with E-state index in [2.05, 4.69) is 20.1 Å². The first-order valence-electron chi connectivity index (χ1n) is 10.1. The first kappa shape index (κ1) is 22.7. The molecule has 34 heavy (non-hydrogen) atoms. The first-order chi connectivity index (χ1) is 16.4. The number of nitriles is 1. The van der Waals surface area contributed by atoms with Gasteiger partial charge in [0, 0.05) is 49.7 Å². The number of alkyl halides is 3. The number of nitrogens with two attached hydrogens (primary N) is 1. The lowest BCUT2D eigenvalue weighted by Gasteiger charge is -2.17. The zero-order valence-corrected chi connectivity index (χ0v) is 18.0. The lowest BCUT2D eigenvalue weighted by atomic mass is 10.0. The Balaban J connectivity index is 1.80. The van der Waals surface area contributed by atoms with Gasteiger partial charge in [-0.15, -0.1) is 0 Å². The van der Waals surface area contributed by atoms with Crippen molar-refractivity contribution in [3.63, 3.8) is 0 Å². The molecule has 2 N–H and O–H groups in total. The molecule has 1 unspecified atom stereocenters. The quantitative estimate of drug-likeness (QED) is 0.432. The number of halogens is 3. The third-order valence-electron chi connectivity index (χ3n) is 5.20. The molecule has 0 aliphatic carbocycles. The predicted molar refractivity (Wildman–Crippen MR) is 121 cm³/mol. The molecular weight excluding hydrogens is 445 g/mol. The highest BCUT2D eigenvalue weighted by atomic mass is 19.4. The van der Waals surface area contributed by atoms with Crippen LogP contribution in [0.3, 0.4) is 0 Å². The lowest BCUT2D eigenvalue weighted by Crippen LogP contribution is -2.13. The highest BCUT2D eigenvalue weighted by Gasteiger charge is 2.31. The molecule has 11 heteroatoms. The Labute approximate surface area is 192 Å². The Hall–Kier alpha value is -4.46. The second-order valence-corrected chi connectivity index (χ2v) is 7.34. The minimum Gasteiger partial charge on any atom is -0.404 e. The highest BCUT2D eigenvalue weighted by Crippen LogP contribution is 2.32. The number of nitrogens with zero attached hydrogens (tertiary/aromatic N) is 7. The molecular formula is C23H19F3N8. The van der Waals surface area contributed by atoms with E-state index in [1.807, 2.05) is 6.07 Å². The van der Waals surface area contributed by atoms with Crippen LogP contribution in [0.2, 0.25) is 0 Å². The van der Waals surface area contributed by atoms with Crippen LogP contribution in [0, 0.1) is 11.3 Å². The molecule has 8 nitrogen and oxygen atoms in total. The molecule has 4 aromatic rings. The molecule has 0 spiro atoms. The van der Waals surface area contributed by atoms with Crippen molar-refractivity contribution in [2.45, 2.75) is 18.6 Å². The van der Waals surface area contributed by atoms with Crippen molar-refractivity contribution < 1.29 is 13.2 Å². The number of imidazole rings is 1. The van der Waals surface area contributed by atoms with Gasteiger partial charge in [0.15, 0.2) is 0 Å². The minimum atomic E-state index is -4.49. The average Bonchev–Trinajstić information content (AvgIpc) is 3.49. The largest absolute Gasteiger partial charge is 0.416 e. The van der Waals surface area contributed by atoms with Crippen LogP contribution in [0.15, 0.2) is 66.3 Å². The fraction of sp³-hybridized carbons (Fsp3) is 0.174. The van der Waals surface area contributed by atoms with Crippen LogP contribution in [-0.4, -0.2) is 37.4 Å². The number of fused-ring (bicyclic) bond motifs is 1. The second kappa shape index (κ2) is 9.19. The van der Waals surface area contributed by atoms with E-state index in [9.17, 15) is 18.4 Å². The van der Waals surface area contributed by atoms with Gasteiger partial charge in [-0.05, 0) is 17.7 Å². The molecule has 0 fully saturated rings. The van der Waals surface area contributed by atoms with E-state index in [-0.39, 0.29) is 6.42 Å². The van der Waals surface area contributed by atoms with Gasteiger partial charge in [0.1, 0.15) is 11.5 Å². The van der Waals surface area contributed by atoms with Crippen molar-refractivity contribution >= 4 is 17.4 Å². The van der Waals surface area contributed by atoms with Gasteiger partial charge in [0.2, 0.25) is 0 Å². The van der Waals surface area contributed by atoms with Gasteiger partial charge in [-0.3, -0.25) is 14.1 Å². The molecule has 0 aliphatic rings. The summed E-state index contributed by atoms with van der Waals surface area (Å²) in [6, 6.07) is 7.99. The lowest BCUT2D eigenvalue weighted by molar-refractivity contribution is -0.137. The molecule has 0 radical (unpaired) electrons. The van der Waals surface area contributed by atoms with Gasteiger partial charge in [-0.2, -0.15) is 23.5 Å². The van der Waals surface area contributed by atoms with Gasteiger partial charge < -0.3 is 5.73 Å². The molecule has 1 atom stereocenters. The standard InChI is InChI=1S/C23H19F3N8/c1-29-12-16(11-28)19-10-21-30-7-8-33(21)22(32-19)17-13-31-34(14-17)20(5-6-27)15-3-2-4-18(9-15)23(24,25)26/h2-4,7-14,20H,5,28H2,1H3. The van der Waals surface area contributed by atoms with E-state index in [1.54, 1.807) is 54.6 Å². The van der Waals surface area contributed by atoms with Crippen LogP contribution in [-0.2, 0) is 6.18 Å². The van der Waals surface area contributed by atoms with Crippen molar-refractivity contribution in [3.05, 3.63) is 78.1 Å². The zero-order chi connectivity index (χ0) is 24.3. The summed E-state index contributed by atoms with van der Waals surface area (Å²) in [5.74, 6) is 0.500. The van der Waals surface area contributed by atoms with Crippen LogP contribution < -0.4 is 5.73 Å². The molecule has 1 aromatic carbocycles. The van der Waals surface area contributed by atoms with Gasteiger partial charge in [0.05, 0.1) is 41.5 Å². The molecule has 4 rings (SSSR count). The zero-order valence-electron chi connectivity index (χ0n) is 18.0. The normalized spacial score (nSPS) is 13.4. The van der Waals surface area contributed by atoms with Crippen molar-refractivity contribution in [2.24, 2.45) is 10.7 Å². The summed E-state index contributed by atoms with van der Waals surface area (Å²) in [4.78, 5) is 13.0. The number of hydrogen-bond acceptors (Lipinski definition) is 6. The summed E-state index contributed by atoms with van der Waals surface area (Å²) in [6.45, 7) is 0. The molecule has 3 heterocycles. The maximum absolute atomic E-state index is 13.2. The summed E-state index contributed by atoms with van der Waals surface area (Å²) in [7, 11) is 1.62. The highest BCUT2D eigenvalue weighted by molar-refractivity contribution is 6.09. The SMILES string of the molecule is CN=CC(=CN)c1cc2nccn2c(-c2cnn(C(CC#N)c3cccc(C(F)(F)F)c3)c2)n1. The number of benzene rings is 1. The van der Waals surface area contributed by atoms with Crippen LogP contribution in [0.4, 0.5) is 13.2 Å². The number of rotatable bonds is 6. The third kappa shape index (κ3) is 4.38. The fourth-order valence-electron chi connectivity index (χ4n) is 3.61. The topological polar surface area (TPSA) is 110 Å². The van der Waals surface area contributed by atoms with Crippen molar-refractivity contribution in [3.8, 4) is 17.5 Å².